The van der Waals surface area contributed by atoms with E-state index in [-0.39, 0.29) is 24.4 Å². The third kappa shape index (κ3) is 6.31. The second-order valence-corrected chi connectivity index (χ2v) is 11.3. The van der Waals surface area contributed by atoms with Crippen molar-refractivity contribution >= 4 is 17.8 Å². The molecule has 2 aliphatic heterocycles. The van der Waals surface area contributed by atoms with E-state index in [9.17, 15) is 14.4 Å². The fourth-order valence-electron chi connectivity index (χ4n) is 6.09. The Morgan fingerprint density at radius 1 is 0.867 bits per heavy atom. The van der Waals surface area contributed by atoms with Gasteiger partial charge in [-0.25, -0.2) is 4.79 Å². The summed E-state index contributed by atoms with van der Waals surface area (Å²) >= 11 is 0. The molecule has 4 aromatic rings. The number of urea groups is 1. The average Bonchev–Trinajstić information content (AvgIpc) is 3.40. The summed E-state index contributed by atoms with van der Waals surface area (Å²) < 4.78 is 6.06. The average molecular weight is 601 g/mol. The maximum Gasteiger partial charge on any atom is 0.322 e. The van der Waals surface area contributed by atoms with Crippen LogP contribution in [-0.2, 0) is 22.6 Å². The third-order valence-corrected chi connectivity index (χ3v) is 8.31. The van der Waals surface area contributed by atoms with Crippen LogP contribution in [0.25, 0.3) is 0 Å². The first kappa shape index (κ1) is 29.7. The van der Waals surface area contributed by atoms with Gasteiger partial charge < -0.3 is 19.9 Å². The molecule has 0 bridgehead atoms. The van der Waals surface area contributed by atoms with E-state index in [2.05, 4.69) is 5.32 Å². The molecule has 0 aromatic heterocycles. The van der Waals surface area contributed by atoms with Crippen LogP contribution in [0.4, 0.5) is 4.79 Å². The van der Waals surface area contributed by atoms with E-state index in [1.807, 2.05) is 122 Å². The van der Waals surface area contributed by atoms with Crippen LogP contribution in [0.5, 0.6) is 11.5 Å². The molecule has 45 heavy (non-hydrogen) atoms. The van der Waals surface area contributed by atoms with Crippen molar-refractivity contribution in [3.63, 3.8) is 0 Å². The minimum atomic E-state index is -0.763. The number of para-hydroxylation sites is 1. The fourth-order valence-corrected chi connectivity index (χ4v) is 6.09. The molecule has 2 heterocycles. The van der Waals surface area contributed by atoms with Gasteiger partial charge in [-0.15, -0.1) is 0 Å². The second-order valence-electron chi connectivity index (χ2n) is 11.3. The van der Waals surface area contributed by atoms with Gasteiger partial charge in [-0.05, 0) is 47.9 Å². The van der Waals surface area contributed by atoms with Crippen LogP contribution in [0.1, 0.15) is 29.7 Å². The van der Waals surface area contributed by atoms with E-state index < -0.39 is 12.1 Å². The van der Waals surface area contributed by atoms with E-state index in [0.29, 0.717) is 42.3 Å². The highest BCUT2D eigenvalue weighted by atomic mass is 16.5. The van der Waals surface area contributed by atoms with E-state index in [1.165, 1.54) is 0 Å². The monoisotopic (exact) mass is 600 g/mol. The number of benzene rings is 4. The van der Waals surface area contributed by atoms with Gasteiger partial charge in [0.15, 0.2) is 0 Å². The van der Waals surface area contributed by atoms with Gasteiger partial charge >= 0.3 is 6.03 Å². The summed E-state index contributed by atoms with van der Waals surface area (Å²) in [4.78, 5) is 47.0. The van der Waals surface area contributed by atoms with Crippen LogP contribution < -0.4 is 10.1 Å². The van der Waals surface area contributed by atoms with Gasteiger partial charge in [0.25, 0.3) is 5.91 Å². The first-order chi connectivity index (χ1) is 21.9. The molecule has 1 N–H and O–H groups in total. The molecule has 2 aliphatic rings. The first-order valence-electron chi connectivity index (χ1n) is 15.2. The van der Waals surface area contributed by atoms with E-state index in [0.717, 1.165) is 16.7 Å². The molecule has 0 radical (unpaired) electrons. The Labute approximate surface area is 263 Å². The number of amides is 4. The van der Waals surface area contributed by atoms with Crippen molar-refractivity contribution in [2.75, 3.05) is 20.1 Å². The number of nitrogens with one attached hydrogen (secondary N) is 1. The smallest absolute Gasteiger partial charge is 0.322 e. The van der Waals surface area contributed by atoms with Crippen LogP contribution in [0, 0.1) is 0 Å². The molecule has 0 spiro atoms. The molecule has 228 valence electrons. The Kier molecular flexibility index (Phi) is 8.64. The molecule has 8 nitrogen and oxygen atoms in total. The van der Waals surface area contributed by atoms with Crippen LogP contribution in [0.15, 0.2) is 127 Å². The van der Waals surface area contributed by atoms with Gasteiger partial charge in [-0.1, -0.05) is 91.0 Å². The Morgan fingerprint density at radius 3 is 2.16 bits per heavy atom. The number of carbonyl (C=O) groups is 3. The molecule has 0 aliphatic carbocycles. The zero-order chi connectivity index (χ0) is 31.3. The Hall–Kier alpha value is -5.37. The molecule has 0 unspecified atom stereocenters. The van der Waals surface area contributed by atoms with Gasteiger partial charge in [0, 0.05) is 26.6 Å². The largest absolute Gasteiger partial charge is 0.457 e. The number of hydrogen-bond acceptors (Lipinski definition) is 4. The van der Waals surface area contributed by atoms with Crippen molar-refractivity contribution in [2.24, 2.45) is 0 Å². The molecular formula is C37H36N4O4. The highest BCUT2D eigenvalue weighted by Gasteiger charge is 2.47. The fraction of sp³-hybridized carbons (Fsp3) is 0.216. The summed E-state index contributed by atoms with van der Waals surface area (Å²) in [6.45, 7) is 2.85. The lowest BCUT2D eigenvalue weighted by molar-refractivity contribution is -0.142. The third-order valence-electron chi connectivity index (χ3n) is 8.31. The van der Waals surface area contributed by atoms with E-state index in [1.54, 1.807) is 21.7 Å². The summed E-state index contributed by atoms with van der Waals surface area (Å²) in [6.07, 6.45) is 0.351. The number of nitrogens with zero attached hydrogens (tertiary/aromatic N) is 3. The number of carbonyl (C=O) groups excluding carboxylic acids is 3. The van der Waals surface area contributed by atoms with Crippen molar-refractivity contribution in [3.8, 4) is 11.5 Å². The summed E-state index contributed by atoms with van der Waals surface area (Å²) in [5.41, 5.74) is 3.78. The molecular weight excluding hydrogens is 564 g/mol. The van der Waals surface area contributed by atoms with Gasteiger partial charge in [-0.3, -0.25) is 14.5 Å². The van der Waals surface area contributed by atoms with Crippen LogP contribution in [0.2, 0.25) is 0 Å². The van der Waals surface area contributed by atoms with Crippen molar-refractivity contribution in [1.29, 1.82) is 0 Å². The molecule has 4 amide bonds. The lowest BCUT2D eigenvalue weighted by Crippen LogP contribution is -2.50. The maximum atomic E-state index is 14.5. The van der Waals surface area contributed by atoms with Crippen LogP contribution in [-0.4, -0.2) is 58.7 Å². The Bertz CT molecular complexity index is 1710. The second kappa shape index (κ2) is 13.1. The molecule has 0 saturated heterocycles. The summed E-state index contributed by atoms with van der Waals surface area (Å²) in [6, 6.07) is 34.7. The molecule has 2 atom stereocenters. The molecule has 8 heteroatoms. The highest BCUT2D eigenvalue weighted by molar-refractivity contribution is 6.03. The lowest BCUT2D eigenvalue weighted by atomic mass is 9.95. The van der Waals surface area contributed by atoms with Crippen LogP contribution in [0.3, 0.4) is 0 Å². The minimum absolute atomic E-state index is 0.159. The van der Waals surface area contributed by atoms with Crippen molar-refractivity contribution in [3.05, 3.63) is 143 Å². The molecule has 0 fully saturated rings. The predicted octanol–water partition coefficient (Wildman–Crippen LogP) is 5.93. The Balaban J connectivity index is 1.33. The zero-order valence-corrected chi connectivity index (χ0v) is 25.4. The standard InChI is InChI=1S/C37H36N4O4/c1-3-40-32-25-41(31(22-26-14-7-4-8-15-26)35(42)39(2)24-27-16-9-5-10-17-27)36(43)33(32)34(38-37(40)44)28-18-13-21-30(23-28)45-29-19-11-6-12-20-29/h4-21,23,31,34H,3,22,24-25H2,1-2H3,(H,38,44)/t31-,34+/m1/s1. The lowest BCUT2D eigenvalue weighted by Gasteiger charge is -2.33. The quantitative estimate of drug-likeness (QED) is 0.245. The van der Waals surface area contributed by atoms with E-state index in [4.69, 9.17) is 4.74 Å². The highest BCUT2D eigenvalue weighted by Crippen LogP contribution is 2.38. The van der Waals surface area contributed by atoms with E-state index >= 15 is 0 Å². The normalized spacial score (nSPS) is 16.7. The van der Waals surface area contributed by atoms with Gasteiger partial charge in [0.2, 0.25) is 5.91 Å². The SMILES string of the molecule is CCN1C(=O)N[C@@H](c2cccc(Oc3ccccc3)c2)C2=C1CN([C@H](Cc1ccccc1)C(=O)N(C)Cc1ccccc1)C2=O. The van der Waals surface area contributed by atoms with Crippen molar-refractivity contribution in [1.82, 2.24) is 20.0 Å². The number of ether oxygens (including phenoxy) is 1. The van der Waals surface area contributed by atoms with Crippen molar-refractivity contribution in [2.45, 2.75) is 32.0 Å². The Morgan fingerprint density at radius 2 is 1.49 bits per heavy atom. The van der Waals surface area contributed by atoms with Crippen molar-refractivity contribution < 1.29 is 19.1 Å². The topological polar surface area (TPSA) is 82.2 Å². The number of likely N-dealkylation sites (N-methyl/N-ethyl adjacent to an activating group) is 2. The zero-order valence-electron chi connectivity index (χ0n) is 25.4. The van der Waals surface area contributed by atoms with Gasteiger partial charge in [0.1, 0.15) is 17.5 Å². The maximum absolute atomic E-state index is 14.5. The van der Waals surface area contributed by atoms with Crippen LogP contribution >= 0.6 is 0 Å². The summed E-state index contributed by atoms with van der Waals surface area (Å²) in [5, 5.41) is 3.05. The van der Waals surface area contributed by atoms with Gasteiger partial charge in [-0.2, -0.15) is 0 Å². The summed E-state index contributed by atoms with van der Waals surface area (Å²) in [7, 11) is 1.77. The van der Waals surface area contributed by atoms with Gasteiger partial charge in [0.05, 0.1) is 23.9 Å². The number of hydrogen-bond donors (Lipinski definition) is 1. The predicted molar refractivity (Wildman–Crippen MR) is 172 cm³/mol. The minimum Gasteiger partial charge on any atom is -0.457 e. The number of rotatable bonds is 10. The molecule has 4 aromatic carbocycles. The molecule has 0 saturated carbocycles. The first-order valence-corrected chi connectivity index (χ1v) is 15.2. The molecule has 6 rings (SSSR count). The summed E-state index contributed by atoms with van der Waals surface area (Å²) in [5.74, 6) is 0.859.